The van der Waals surface area contributed by atoms with Gasteiger partial charge in [-0.1, -0.05) is 12.8 Å². The Hall–Kier alpha value is -2.54. The van der Waals surface area contributed by atoms with Crippen LogP contribution in [0.1, 0.15) is 69.7 Å². The highest BCUT2D eigenvalue weighted by atomic mass is 16.6. The number of nitrogens with zero attached hydrogens (tertiary/aromatic N) is 4. The molecule has 2 aromatic rings. The van der Waals surface area contributed by atoms with Crippen molar-refractivity contribution < 1.29 is 14.3 Å². The van der Waals surface area contributed by atoms with Crippen molar-refractivity contribution in [3.05, 3.63) is 36.0 Å². The van der Waals surface area contributed by atoms with Crippen molar-refractivity contribution in [1.82, 2.24) is 19.3 Å². The van der Waals surface area contributed by atoms with E-state index in [1.807, 2.05) is 42.7 Å². The summed E-state index contributed by atoms with van der Waals surface area (Å²) in [4.78, 5) is 32.4. The average Bonchev–Trinajstić information content (AvgIpc) is 3.59. The topological polar surface area (TPSA) is 58.0 Å². The molecule has 5 rings (SSSR count). The number of aromatic nitrogens is 1. The third kappa shape index (κ3) is 5.35. The van der Waals surface area contributed by atoms with Crippen molar-refractivity contribution in [2.24, 2.45) is 0 Å². The molecule has 0 N–H and O–H groups in total. The lowest BCUT2D eigenvalue weighted by atomic mass is 10.1. The van der Waals surface area contributed by atoms with Crippen LogP contribution in [0.2, 0.25) is 0 Å². The maximum absolute atomic E-state index is 13.2. The number of likely N-dealkylation sites (tertiary alicyclic amines) is 1. The Morgan fingerprint density at radius 1 is 0.943 bits per heavy atom. The van der Waals surface area contributed by atoms with Gasteiger partial charge in [-0.25, -0.2) is 4.79 Å². The van der Waals surface area contributed by atoms with Gasteiger partial charge < -0.3 is 19.1 Å². The molecule has 35 heavy (non-hydrogen) atoms. The summed E-state index contributed by atoms with van der Waals surface area (Å²) in [6.07, 6.45) is 9.16. The summed E-state index contributed by atoms with van der Waals surface area (Å²) >= 11 is 0. The van der Waals surface area contributed by atoms with Gasteiger partial charge in [0.25, 0.3) is 5.91 Å². The number of benzene rings is 1. The molecule has 1 aromatic carbocycles. The van der Waals surface area contributed by atoms with Crippen LogP contribution in [-0.2, 0) is 11.3 Å². The number of piperazine rings is 1. The first kappa shape index (κ1) is 24.2. The number of ether oxygens (including phenoxy) is 1. The smallest absolute Gasteiger partial charge is 0.410 e. The van der Waals surface area contributed by atoms with Crippen LogP contribution in [0, 0.1) is 0 Å². The Kier molecular flexibility index (Phi) is 6.80. The Morgan fingerprint density at radius 2 is 1.69 bits per heavy atom. The predicted octanol–water partition coefficient (Wildman–Crippen LogP) is 4.74. The molecule has 0 unspecified atom stereocenters. The van der Waals surface area contributed by atoms with Gasteiger partial charge in [0.1, 0.15) is 5.60 Å². The number of carbonyl (C=O) groups excluding carboxylic acids is 2. The number of hydrogen-bond donors (Lipinski definition) is 0. The summed E-state index contributed by atoms with van der Waals surface area (Å²) in [5.74, 6) is 0.137. The first-order chi connectivity index (χ1) is 16.8. The van der Waals surface area contributed by atoms with Gasteiger partial charge in [0.2, 0.25) is 0 Å². The quantitative estimate of drug-likeness (QED) is 0.634. The van der Waals surface area contributed by atoms with Crippen LogP contribution < -0.4 is 0 Å². The number of hydrogen-bond acceptors (Lipinski definition) is 4. The fourth-order valence-electron chi connectivity index (χ4n) is 6.05. The zero-order chi connectivity index (χ0) is 24.6. The molecule has 1 aliphatic carbocycles. The van der Waals surface area contributed by atoms with Gasteiger partial charge in [-0.15, -0.1) is 0 Å². The highest BCUT2D eigenvalue weighted by Gasteiger charge is 2.33. The second-order valence-electron chi connectivity index (χ2n) is 11.5. The Bertz CT molecular complexity index is 1060. The van der Waals surface area contributed by atoms with E-state index < -0.39 is 5.60 Å². The summed E-state index contributed by atoms with van der Waals surface area (Å²) in [6.45, 7) is 10.8. The first-order valence-electron chi connectivity index (χ1n) is 13.4. The predicted molar refractivity (Wildman–Crippen MR) is 138 cm³/mol. The Morgan fingerprint density at radius 3 is 2.40 bits per heavy atom. The van der Waals surface area contributed by atoms with Gasteiger partial charge in [0, 0.05) is 68.0 Å². The van der Waals surface area contributed by atoms with E-state index in [0.29, 0.717) is 0 Å². The fourth-order valence-corrected chi connectivity index (χ4v) is 6.05. The van der Waals surface area contributed by atoms with Crippen LogP contribution >= 0.6 is 0 Å². The largest absolute Gasteiger partial charge is 0.444 e. The lowest BCUT2D eigenvalue weighted by Gasteiger charge is -2.38. The number of rotatable bonds is 4. The third-order valence-electron chi connectivity index (χ3n) is 7.87. The van der Waals surface area contributed by atoms with E-state index in [9.17, 15) is 9.59 Å². The minimum absolute atomic E-state index is 0.123. The monoisotopic (exact) mass is 480 g/mol. The molecule has 3 heterocycles. The van der Waals surface area contributed by atoms with Crippen LogP contribution in [-0.4, -0.2) is 81.7 Å². The van der Waals surface area contributed by atoms with Crippen molar-refractivity contribution in [2.75, 3.05) is 32.7 Å². The van der Waals surface area contributed by atoms with E-state index in [1.54, 1.807) is 0 Å². The average molecular weight is 481 g/mol. The van der Waals surface area contributed by atoms with Crippen molar-refractivity contribution in [3.63, 3.8) is 0 Å². The number of fused-ring (bicyclic) bond motifs is 1. The van der Waals surface area contributed by atoms with Crippen LogP contribution in [0.3, 0.4) is 0 Å². The summed E-state index contributed by atoms with van der Waals surface area (Å²) in [6, 6.07) is 8.98. The van der Waals surface area contributed by atoms with Gasteiger partial charge in [0.15, 0.2) is 0 Å². The molecule has 7 heteroatoms. The van der Waals surface area contributed by atoms with Gasteiger partial charge >= 0.3 is 6.09 Å². The van der Waals surface area contributed by atoms with Gasteiger partial charge in [0.05, 0.1) is 6.04 Å². The molecule has 3 fully saturated rings. The lowest BCUT2D eigenvalue weighted by molar-refractivity contribution is 0.0215. The van der Waals surface area contributed by atoms with Crippen LogP contribution in [0.15, 0.2) is 30.5 Å². The van der Waals surface area contributed by atoms with Crippen molar-refractivity contribution >= 4 is 22.9 Å². The molecule has 0 radical (unpaired) electrons. The molecule has 3 aliphatic rings. The SMILES string of the molecule is CC(C)(C)OC(=O)N1CCC[C@@H]1Cn1ccc2cc(C(=O)N3CCN(C4CCCC4)CC3)ccc21. The van der Waals surface area contributed by atoms with Crippen molar-refractivity contribution in [3.8, 4) is 0 Å². The third-order valence-corrected chi connectivity index (χ3v) is 7.87. The molecule has 2 aliphatic heterocycles. The lowest BCUT2D eigenvalue weighted by Crippen LogP contribution is -2.51. The zero-order valence-electron chi connectivity index (χ0n) is 21.5. The molecule has 7 nitrogen and oxygen atoms in total. The van der Waals surface area contributed by atoms with Gasteiger partial charge in [-0.3, -0.25) is 9.69 Å². The fraction of sp³-hybridized carbons (Fsp3) is 0.643. The minimum atomic E-state index is -0.490. The Labute approximate surface area is 209 Å². The summed E-state index contributed by atoms with van der Waals surface area (Å²) < 4.78 is 7.83. The minimum Gasteiger partial charge on any atom is -0.444 e. The van der Waals surface area contributed by atoms with E-state index in [-0.39, 0.29) is 18.0 Å². The van der Waals surface area contributed by atoms with E-state index in [0.717, 1.165) is 74.6 Å². The standard InChI is InChI=1S/C28H40N4O3/c1-28(2,3)35-27(34)32-13-6-9-24(32)20-31-14-12-21-19-22(10-11-25(21)31)26(33)30-17-15-29(16-18-30)23-7-4-5-8-23/h10-12,14,19,23-24H,4-9,13,15-18,20H2,1-3H3/t24-/m1/s1. The molecule has 1 aromatic heterocycles. The molecule has 1 saturated carbocycles. The summed E-state index contributed by atoms with van der Waals surface area (Å²) in [5, 5.41) is 1.07. The van der Waals surface area contributed by atoms with E-state index in [1.165, 1.54) is 25.7 Å². The number of carbonyl (C=O) groups is 2. The highest BCUT2D eigenvalue weighted by molar-refractivity contribution is 5.98. The van der Waals surface area contributed by atoms with Gasteiger partial charge in [-0.2, -0.15) is 0 Å². The molecule has 1 atom stereocenters. The van der Waals surface area contributed by atoms with Gasteiger partial charge in [-0.05, 0) is 70.7 Å². The van der Waals surface area contributed by atoms with Crippen LogP contribution in [0.5, 0.6) is 0 Å². The number of amides is 2. The molecule has 2 saturated heterocycles. The molecule has 0 spiro atoms. The highest BCUT2D eigenvalue weighted by Crippen LogP contribution is 2.27. The Balaban J connectivity index is 1.23. The van der Waals surface area contributed by atoms with E-state index in [4.69, 9.17) is 4.74 Å². The second-order valence-corrected chi connectivity index (χ2v) is 11.5. The van der Waals surface area contributed by atoms with Crippen LogP contribution in [0.25, 0.3) is 10.9 Å². The normalized spacial score (nSPS) is 22.3. The zero-order valence-corrected chi connectivity index (χ0v) is 21.5. The second kappa shape index (κ2) is 9.84. The first-order valence-corrected chi connectivity index (χ1v) is 13.4. The van der Waals surface area contributed by atoms with Crippen molar-refractivity contribution in [1.29, 1.82) is 0 Å². The van der Waals surface area contributed by atoms with E-state index in [2.05, 4.69) is 27.8 Å². The molecule has 2 amide bonds. The maximum Gasteiger partial charge on any atom is 0.410 e. The maximum atomic E-state index is 13.2. The summed E-state index contributed by atoms with van der Waals surface area (Å²) in [5.41, 5.74) is 1.38. The molecular weight excluding hydrogens is 440 g/mol. The molecule has 190 valence electrons. The van der Waals surface area contributed by atoms with Crippen molar-refractivity contribution in [2.45, 2.75) is 83.5 Å². The molecule has 0 bridgehead atoms. The van der Waals surface area contributed by atoms with Crippen LogP contribution in [0.4, 0.5) is 4.79 Å². The summed E-state index contributed by atoms with van der Waals surface area (Å²) in [7, 11) is 0. The molecular formula is C28H40N4O3. The van der Waals surface area contributed by atoms with E-state index >= 15 is 0 Å².